The van der Waals surface area contributed by atoms with Crippen LogP contribution >= 0.6 is 0 Å². The number of likely N-dealkylation sites (N-methyl/N-ethyl adjacent to an activating group) is 1. The number of hydrogen-bond acceptors (Lipinski definition) is 5. The molecular formula is C24H26N6O. The van der Waals surface area contributed by atoms with Crippen LogP contribution in [0.25, 0.3) is 16.7 Å². The number of fused-ring (bicyclic) bond motifs is 1. The normalized spacial score (nSPS) is 18.9. The number of anilines is 1. The van der Waals surface area contributed by atoms with Gasteiger partial charge >= 0.3 is 0 Å². The van der Waals surface area contributed by atoms with Gasteiger partial charge in [-0.25, -0.2) is 4.68 Å². The molecule has 0 spiro atoms. The summed E-state index contributed by atoms with van der Waals surface area (Å²) < 4.78 is 1.73. The quantitative estimate of drug-likeness (QED) is 0.556. The Balaban J connectivity index is 1.54. The molecule has 1 aliphatic rings. The Kier molecular flexibility index (Phi) is 4.82. The third kappa shape index (κ3) is 3.51. The van der Waals surface area contributed by atoms with Crippen molar-refractivity contribution in [2.45, 2.75) is 18.9 Å². The number of benzene rings is 2. The molecule has 31 heavy (non-hydrogen) atoms. The number of H-pyrrole nitrogens is 1. The van der Waals surface area contributed by atoms with Gasteiger partial charge in [-0.1, -0.05) is 48.0 Å². The number of hydrogen-bond donors (Lipinski definition) is 1. The van der Waals surface area contributed by atoms with Crippen molar-refractivity contribution in [1.29, 1.82) is 0 Å². The second kappa shape index (κ2) is 7.67. The summed E-state index contributed by atoms with van der Waals surface area (Å²) in [5.74, 6) is 0.923. The van der Waals surface area contributed by atoms with Gasteiger partial charge < -0.3 is 9.80 Å². The molecule has 0 amide bonds. The number of para-hydroxylation sites is 1. The van der Waals surface area contributed by atoms with Crippen LogP contribution in [-0.4, -0.2) is 57.9 Å². The molecule has 1 aliphatic heterocycles. The molecule has 2 aromatic carbocycles. The van der Waals surface area contributed by atoms with Crippen LogP contribution in [0.5, 0.6) is 0 Å². The van der Waals surface area contributed by atoms with E-state index in [4.69, 9.17) is 4.98 Å². The van der Waals surface area contributed by atoms with E-state index >= 15 is 0 Å². The second-order valence-electron chi connectivity index (χ2n) is 8.47. The summed E-state index contributed by atoms with van der Waals surface area (Å²) >= 11 is 0. The van der Waals surface area contributed by atoms with Gasteiger partial charge in [0.1, 0.15) is 5.39 Å². The Bertz CT molecular complexity index is 1260. The Morgan fingerprint density at radius 1 is 1.03 bits per heavy atom. The van der Waals surface area contributed by atoms with Crippen molar-refractivity contribution in [2.24, 2.45) is 0 Å². The van der Waals surface area contributed by atoms with Crippen LogP contribution < -0.4 is 10.5 Å². The molecule has 1 saturated heterocycles. The van der Waals surface area contributed by atoms with Gasteiger partial charge in [-0.05, 0) is 38.7 Å². The van der Waals surface area contributed by atoms with E-state index < -0.39 is 0 Å². The molecule has 0 aliphatic carbocycles. The van der Waals surface area contributed by atoms with Gasteiger partial charge in [0.05, 0.1) is 11.9 Å². The molecular weight excluding hydrogens is 388 g/mol. The maximum Gasteiger partial charge on any atom is 0.263 e. The number of rotatable bonds is 4. The molecule has 7 nitrogen and oxygen atoms in total. The molecule has 5 rings (SSSR count). The van der Waals surface area contributed by atoms with Crippen molar-refractivity contribution in [3.8, 4) is 5.69 Å². The zero-order valence-electron chi connectivity index (χ0n) is 18.0. The van der Waals surface area contributed by atoms with Crippen LogP contribution in [0.1, 0.15) is 17.0 Å². The van der Waals surface area contributed by atoms with E-state index in [9.17, 15) is 4.79 Å². The zero-order chi connectivity index (χ0) is 21.5. The van der Waals surface area contributed by atoms with Crippen LogP contribution in [0.2, 0.25) is 0 Å². The smallest absolute Gasteiger partial charge is 0.263 e. The third-order valence-corrected chi connectivity index (χ3v) is 6.18. The molecule has 0 bridgehead atoms. The molecule has 0 radical (unpaired) electrons. The topological polar surface area (TPSA) is 70.0 Å². The predicted molar refractivity (Wildman–Crippen MR) is 123 cm³/mol. The first-order valence-corrected chi connectivity index (χ1v) is 10.5. The van der Waals surface area contributed by atoms with Crippen molar-refractivity contribution < 1.29 is 0 Å². The molecule has 0 unspecified atom stereocenters. The maximum atomic E-state index is 12.8. The van der Waals surface area contributed by atoms with Crippen molar-refractivity contribution in [1.82, 2.24) is 24.6 Å². The lowest BCUT2D eigenvalue weighted by molar-refractivity contribution is 0.292. The van der Waals surface area contributed by atoms with E-state index in [1.54, 1.807) is 10.9 Å². The number of nitrogens with one attached hydrogen (secondary N) is 1. The predicted octanol–water partition coefficient (Wildman–Crippen LogP) is 2.95. The standard InChI is InChI=1S/C24H26N6O/c1-16-9-11-17(12-10-16)20-14-29(15-21(20)28(2)3)24-26-22-19(23(31)27-24)13-25-30(22)18-7-5-4-6-8-18/h4-13,20-21H,14-15H2,1-3H3,(H,26,27,31)/t20-,21+/m0/s1. The van der Waals surface area contributed by atoms with E-state index in [-0.39, 0.29) is 5.56 Å². The van der Waals surface area contributed by atoms with Crippen LogP contribution in [0, 0.1) is 6.92 Å². The Morgan fingerprint density at radius 3 is 2.48 bits per heavy atom. The number of aromatic amines is 1. The largest absolute Gasteiger partial charge is 0.340 e. The monoisotopic (exact) mass is 414 g/mol. The molecule has 0 saturated carbocycles. The average molecular weight is 415 g/mol. The Morgan fingerprint density at radius 2 is 1.77 bits per heavy atom. The molecule has 2 atom stereocenters. The molecule has 1 fully saturated rings. The van der Waals surface area contributed by atoms with Crippen molar-refractivity contribution in [2.75, 3.05) is 32.1 Å². The average Bonchev–Trinajstić information content (AvgIpc) is 3.40. The minimum atomic E-state index is -0.164. The van der Waals surface area contributed by atoms with E-state index in [2.05, 4.69) is 65.2 Å². The summed E-state index contributed by atoms with van der Waals surface area (Å²) in [4.78, 5) is 25.1. The third-order valence-electron chi connectivity index (χ3n) is 6.18. The van der Waals surface area contributed by atoms with Gasteiger partial charge in [-0.3, -0.25) is 9.78 Å². The van der Waals surface area contributed by atoms with Crippen molar-refractivity contribution in [3.63, 3.8) is 0 Å². The molecule has 3 heterocycles. The molecule has 158 valence electrons. The van der Waals surface area contributed by atoms with Crippen LogP contribution in [-0.2, 0) is 0 Å². The maximum absolute atomic E-state index is 12.8. The van der Waals surface area contributed by atoms with Crippen LogP contribution in [0.15, 0.2) is 65.6 Å². The minimum Gasteiger partial charge on any atom is -0.340 e. The first-order valence-electron chi connectivity index (χ1n) is 10.5. The fourth-order valence-electron chi connectivity index (χ4n) is 4.44. The van der Waals surface area contributed by atoms with E-state index in [0.29, 0.717) is 28.9 Å². The number of aryl methyl sites for hydroxylation is 1. The highest BCUT2D eigenvalue weighted by molar-refractivity contribution is 5.76. The summed E-state index contributed by atoms with van der Waals surface area (Å²) in [6.07, 6.45) is 1.58. The zero-order valence-corrected chi connectivity index (χ0v) is 18.0. The Labute approximate surface area is 181 Å². The van der Waals surface area contributed by atoms with E-state index in [1.165, 1.54) is 11.1 Å². The van der Waals surface area contributed by atoms with Crippen molar-refractivity contribution in [3.05, 3.63) is 82.3 Å². The minimum absolute atomic E-state index is 0.164. The fourth-order valence-corrected chi connectivity index (χ4v) is 4.44. The van der Waals surface area contributed by atoms with E-state index in [0.717, 1.165) is 18.8 Å². The first kappa shape index (κ1) is 19.5. The highest BCUT2D eigenvalue weighted by atomic mass is 16.1. The Hall–Kier alpha value is -3.45. The lowest BCUT2D eigenvalue weighted by Gasteiger charge is -2.25. The highest BCUT2D eigenvalue weighted by Crippen LogP contribution is 2.32. The second-order valence-corrected chi connectivity index (χ2v) is 8.47. The highest BCUT2D eigenvalue weighted by Gasteiger charge is 2.36. The van der Waals surface area contributed by atoms with Crippen molar-refractivity contribution >= 4 is 17.0 Å². The lowest BCUT2D eigenvalue weighted by Crippen LogP contribution is -2.35. The van der Waals surface area contributed by atoms with Crippen LogP contribution in [0.3, 0.4) is 0 Å². The SMILES string of the molecule is Cc1ccc([C@@H]2CN(c3nc4c(cnn4-c4ccccc4)c(=O)[nH]3)C[C@H]2N(C)C)cc1. The summed E-state index contributed by atoms with van der Waals surface area (Å²) in [5, 5.41) is 4.91. The summed E-state index contributed by atoms with van der Waals surface area (Å²) in [6.45, 7) is 3.69. The van der Waals surface area contributed by atoms with Crippen LogP contribution in [0.4, 0.5) is 5.95 Å². The molecule has 1 N–H and O–H groups in total. The van der Waals surface area contributed by atoms with Gasteiger partial charge in [0, 0.05) is 25.0 Å². The van der Waals surface area contributed by atoms with Gasteiger partial charge in [0.25, 0.3) is 5.56 Å². The van der Waals surface area contributed by atoms with E-state index in [1.807, 2.05) is 30.3 Å². The first-order chi connectivity index (χ1) is 15.0. The number of nitrogens with zero attached hydrogens (tertiary/aromatic N) is 5. The van der Waals surface area contributed by atoms with Gasteiger partial charge in [0.15, 0.2) is 5.65 Å². The fraction of sp³-hybridized carbons (Fsp3) is 0.292. The summed E-state index contributed by atoms with van der Waals surface area (Å²) in [5.41, 5.74) is 3.86. The molecule has 4 aromatic rings. The number of aromatic nitrogens is 4. The van der Waals surface area contributed by atoms with Gasteiger partial charge in [-0.15, -0.1) is 0 Å². The van der Waals surface area contributed by atoms with Gasteiger partial charge in [0.2, 0.25) is 5.95 Å². The molecule has 7 heteroatoms. The summed E-state index contributed by atoms with van der Waals surface area (Å²) in [6, 6.07) is 18.8. The lowest BCUT2D eigenvalue weighted by atomic mass is 9.93. The summed E-state index contributed by atoms with van der Waals surface area (Å²) in [7, 11) is 4.22. The van der Waals surface area contributed by atoms with Gasteiger partial charge in [-0.2, -0.15) is 10.1 Å². The molecule has 2 aromatic heterocycles.